The van der Waals surface area contributed by atoms with E-state index < -0.39 is 5.97 Å². The number of hydrogen-bond acceptors (Lipinski definition) is 5. The minimum Gasteiger partial charge on any atom is -0.475 e. The maximum absolute atomic E-state index is 11.1. The Labute approximate surface area is 106 Å². The molecule has 0 amide bonds. The molecule has 0 atom stereocenters. The van der Waals surface area contributed by atoms with Gasteiger partial charge in [0, 0.05) is 23.6 Å². The van der Waals surface area contributed by atoms with Crippen molar-refractivity contribution in [1.82, 2.24) is 9.97 Å². The number of rotatable bonds is 4. The lowest BCUT2D eigenvalue weighted by molar-refractivity contribution is 0.0661. The third kappa shape index (κ3) is 2.80. The van der Waals surface area contributed by atoms with Gasteiger partial charge in [-0.05, 0) is 13.0 Å². The number of carboxylic acid groups (broad SMARTS) is 1. The number of nitrogens with zero attached hydrogens (tertiary/aromatic N) is 1. The number of aromatic amines is 1. The number of furan rings is 1. The van der Waals surface area contributed by atoms with E-state index in [4.69, 9.17) is 9.52 Å². The minimum atomic E-state index is -1.10. The molecule has 0 fully saturated rings. The van der Waals surface area contributed by atoms with Gasteiger partial charge < -0.3 is 14.5 Å². The van der Waals surface area contributed by atoms with E-state index in [0.29, 0.717) is 16.7 Å². The quantitative estimate of drug-likeness (QED) is 0.645. The number of carboxylic acids is 1. The number of carbonyl (C=O) groups is 1. The lowest BCUT2D eigenvalue weighted by Gasteiger charge is -1.98. The SMILES string of the molecule is Cc1oc(C(=O)O)cc1CSc1nccc(=O)[nH]1. The molecule has 2 rings (SSSR count). The molecule has 0 aromatic carbocycles. The molecule has 0 unspecified atom stereocenters. The molecule has 0 aliphatic carbocycles. The van der Waals surface area contributed by atoms with Gasteiger partial charge in [0.2, 0.25) is 5.76 Å². The molecule has 2 N–H and O–H groups in total. The summed E-state index contributed by atoms with van der Waals surface area (Å²) < 4.78 is 5.08. The summed E-state index contributed by atoms with van der Waals surface area (Å²) in [5, 5.41) is 9.27. The van der Waals surface area contributed by atoms with Crippen LogP contribution < -0.4 is 5.56 Å². The average Bonchev–Trinajstić information content (AvgIpc) is 2.68. The zero-order valence-corrected chi connectivity index (χ0v) is 10.3. The second-order valence-electron chi connectivity index (χ2n) is 3.53. The summed E-state index contributed by atoms with van der Waals surface area (Å²) in [6.07, 6.45) is 1.42. The molecule has 94 valence electrons. The van der Waals surface area contributed by atoms with Crippen LogP contribution in [0.4, 0.5) is 0 Å². The van der Waals surface area contributed by atoms with Crippen molar-refractivity contribution in [3.63, 3.8) is 0 Å². The van der Waals surface area contributed by atoms with Crippen LogP contribution in [0.15, 0.2) is 32.7 Å². The van der Waals surface area contributed by atoms with Crippen molar-refractivity contribution in [2.24, 2.45) is 0 Å². The fourth-order valence-corrected chi connectivity index (χ4v) is 2.23. The summed E-state index contributed by atoms with van der Waals surface area (Å²) in [6.45, 7) is 1.70. The van der Waals surface area contributed by atoms with Crippen molar-refractivity contribution in [3.8, 4) is 0 Å². The minimum absolute atomic E-state index is 0.0855. The van der Waals surface area contributed by atoms with Crippen LogP contribution >= 0.6 is 11.8 Å². The molecule has 0 aliphatic rings. The van der Waals surface area contributed by atoms with E-state index in [2.05, 4.69) is 9.97 Å². The lowest BCUT2D eigenvalue weighted by atomic mass is 10.3. The van der Waals surface area contributed by atoms with E-state index in [1.165, 1.54) is 30.1 Å². The van der Waals surface area contributed by atoms with Gasteiger partial charge in [0.25, 0.3) is 5.56 Å². The Morgan fingerprint density at radius 2 is 2.39 bits per heavy atom. The summed E-state index contributed by atoms with van der Waals surface area (Å²) >= 11 is 1.31. The van der Waals surface area contributed by atoms with E-state index in [1.54, 1.807) is 6.92 Å². The van der Waals surface area contributed by atoms with E-state index in [9.17, 15) is 9.59 Å². The highest BCUT2D eigenvalue weighted by atomic mass is 32.2. The highest BCUT2D eigenvalue weighted by molar-refractivity contribution is 7.98. The number of aromatic nitrogens is 2. The molecule has 2 aromatic rings. The maximum Gasteiger partial charge on any atom is 0.371 e. The second kappa shape index (κ2) is 5.09. The Balaban J connectivity index is 2.11. The molecule has 0 aliphatic heterocycles. The zero-order valence-electron chi connectivity index (χ0n) is 9.47. The highest BCUT2D eigenvalue weighted by Gasteiger charge is 2.13. The van der Waals surface area contributed by atoms with Gasteiger partial charge in [-0.15, -0.1) is 0 Å². The van der Waals surface area contributed by atoms with Gasteiger partial charge in [-0.1, -0.05) is 11.8 Å². The molecular formula is C11H10N2O4S. The number of thioether (sulfide) groups is 1. The van der Waals surface area contributed by atoms with Crippen molar-refractivity contribution in [3.05, 3.63) is 45.8 Å². The smallest absolute Gasteiger partial charge is 0.371 e. The van der Waals surface area contributed by atoms with Crippen LogP contribution in [0, 0.1) is 6.92 Å². The molecule has 7 heteroatoms. The van der Waals surface area contributed by atoms with Gasteiger partial charge in [-0.2, -0.15) is 0 Å². The van der Waals surface area contributed by atoms with Gasteiger partial charge in [0.1, 0.15) is 5.76 Å². The van der Waals surface area contributed by atoms with Gasteiger partial charge in [-0.25, -0.2) is 9.78 Å². The molecule has 0 saturated heterocycles. The Morgan fingerprint density at radius 1 is 1.61 bits per heavy atom. The zero-order chi connectivity index (χ0) is 13.1. The largest absolute Gasteiger partial charge is 0.475 e. The molecule has 0 spiro atoms. The van der Waals surface area contributed by atoms with Crippen LogP contribution in [0.2, 0.25) is 0 Å². The highest BCUT2D eigenvalue weighted by Crippen LogP contribution is 2.23. The monoisotopic (exact) mass is 266 g/mol. The summed E-state index contributed by atoms with van der Waals surface area (Å²) in [5.74, 6) is -0.147. The Kier molecular flexibility index (Phi) is 3.52. The van der Waals surface area contributed by atoms with Crippen LogP contribution in [0.3, 0.4) is 0 Å². The fourth-order valence-electron chi connectivity index (χ4n) is 1.34. The molecular weight excluding hydrogens is 256 g/mol. The van der Waals surface area contributed by atoms with Crippen LogP contribution in [-0.2, 0) is 5.75 Å². The lowest BCUT2D eigenvalue weighted by Crippen LogP contribution is -2.05. The molecule has 2 heterocycles. The molecule has 0 saturated carbocycles. The molecule has 18 heavy (non-hydrogen) atoms. The van der Waals surface area contributed by atoms with Gasteiger partial charge >= 0.3 is 5.97 Å². The number of H-pyrrole nitrogens is 1. The van der Waals surface area contributed by atoms with Crippen molar-refractivity contribution in [2.45, 2.75) is 17.8 Å². The van der Waals surface area contributed by atoms with Crippen LogP contribution in [0.25, 0.3) is 0 Å². The molecule has 0 radical (unpaired) electrons. The fraction of sp³-hybridized carbons (Fsp3) is 0.182. The first-order valence-corrected chi connectivity index (χ1v) is 6.05. The third-order valence-corrected chi connectivity index (χ3v) is 3.18. The summed E-state index contributed by atoms with van der Waals surface area (Å²) in [7, 11) is 0. The van der Waals surface area contributed by atoms with Crippen LogP contribution in [0.1, 0.15) is 21.9 Å². The molecule has 6 nitrogen and oxygen atoms in total. The van der Waals surface area contributed by atoms with Gasteiger partial charge in [0.05, 0.1) is 0 Å². The topological polar surface area (TPSA) is 96.2 Å². The first-order chi connectivity index (χ1) is 8.56. The van der Waals surface area contributed by atoms with Crippen molar-refractivity contribution < 1.29 is 14.3 Å². The first-order valence-electron chi connectivity index (χ1n) is 5.07. The number of aryl methyl sites for hydroxylation is 1. The van der Waals surface area contributed by atoms with E-state index >= 15 is 0 Å². The normalized spacial score (nSPS) is 10.5. The van der Waals surface area contributed by atoms with Crippen LogP contribution in [0.5, 0.6) is 0 Å². The van der Waals surface area contributed by atoms with Crippen LogP contribution in [-0.4, -0.2) is 21.0 Å². The maximum atomic E-state index is 11.1. The third-order valence-electron chi connectivity index (χ3n) is 2.24. The van der Waals surface area contributed by atoms with E-state index in [-0.39, 0.29) is 11.3 Å². The predicted octanol–water partition coefficient (Wildman–Crippen LogP) is 1.66. The number of hydrogen-bond donors (Lipinski definition) is 2. The first kappa shape index (κ1) is 12.4. The number of aromatic carboxylic acids is 1. The average molecular weight is 266 g/mol. The number of nitrogens with one attached hydrogen (secondary N) is 1. The molecule has 0 bridgehead atoms. The summed E-state index contributed by atoms with van der Waals surface area (Å²) in [5.41, 5.74) is 0.548. The van der Waals surface area contributed by atoms with Crippen molar-refractivity contribution >= 4 is 17.7 Å². The Hall–Kier alpha value is -2.02. The Morgan fingerprint density at radius 3 is 3.00 bits per heavy atom. The Bertz CT molecular complexity index is 632. The van der Waals surface area contributed by atoms with E-state index in [1.807, 2.05) is 0 Å². The van der Waals surface area contributed by atoms with Crippen molar-refractivity contribution in [2.75, 3.05) is 0 Å². The van der Waals surface area contributed by atoms with Crippen molar-refractivity contribution in [1.29, 1.82) is 0 Å². The van der Waals surface area contributed by atoms with E-state index in [0.717, 1.165) is 5.56 Å². The standard InChI is InChI=1S/C11H10N2O4S/c1-6-7(4-8(17-6)10(15)16)5-18-11-12-3-2-9(14)13-11/h2-4H,5H2,1H3,(H,15,16)(H,12,13,14). The predicted molar refractivity (Wildman–Crippen MR) is 64.8 cm³/mol. The van der Waals surface area contributed by atoms with Gasteiger partial charge in [-0.3, -0.25) is 4.79 Å². The summed E-state index contributed by atoms with van der Waals surface area (Å²) in [4.78, 5) is 28.3. The second-order valence-corrected chi connectivity index (χ2v) is 4.49. The summed E-state index contributed by atoms with van der Waals surface area (Å²) in [6, 6.07) is 2.81. The van der Waals surface area contributed by atoms with Gasteiger partial charge in [0.15, 0.2) is 5.16 Å². The molecule has 2 aromatic heterocycles.